The molecule has 83 valence electrons. The predicted octanol–water partition coefficient (Wildman–Crippen LogP) is -4.41. The van der Waals surface area contributed by atoms with Gasteiger partial charge >= 0.3 is 0 Å². The van der Waals surface area contributed by atoms with Crippen LogP contribution in [0.1, 0.15) is 0 Å². The predicted molar refractivity (Wildman–Crippen MR) is 93.2 cm³/mol. The second-order valence-corrected chi connectivity index (χ2v) is 4.36. The SMILES string of the molecule is [B]c1c([B])c([B])c([B]Nc2ccccc2N)c([B])c1[B]. The van der Waals surface area contributed by atoms with E-state index in [0.29, 0.717) is 11.2 Å². The van der Waals surface area contributed by atoms with E-state index in [9.17, 15) is 0 Å². The summed E-state index contributed by atoms with van der Waals surface area (Å²) in [6, 6.07) is 7.28. The zero-order valence-corrected chi connectivity index (χ0v) is 10.9. The molecule has 0 aromatic heterocycles. The van der Waals surface area contributed by atoms with Gasteiger partial charge in [-0.3, -0.25) is 0 Å². The van der Waals surface area contributed by atoms with Gasteiger partial charge in [0.2, 0.25) is 0 Å². The van der Waals surface area contributed by atoms with Crippen molar-refractivity contribution in [2.45, 2.75) is 0 Å². The molecular weight excluding hydrogens is 237 g/mol. The first-order valence-corrected chi connectivity index (χ1v) is 5.89. The lowest BCUT2D eigenvalue weighted by Crippen LogP contribution is -2.64. The Bertz CT molecular complexity index is 630. The van der Waals surface area contributed by atoms with Gasteiger partial charge < -0.3 is 11.0 Å². The monoisotopic (exact) mass is 245 g/mol. The summed E-state index contributed by atoms with van der Waals surface area (Å²) in [5.41, 5.74) is 8.80. The van der Waals surface area contributed by atoms with Gasteiger partial charge in [-0.2, -0.15) is 0 Å². The minimum atomic E-state index is 0.191. The van der Waals surface area contributed by atoms with Crippen LogP contribution in [0.15, 0.2) is 24.3 Å². The third kappa shape index (κ3) is 2.65. The fraction of sp³-hybridized carbons (Fsp3) is 0. The Morgan fingerprint density at radius 1 is 0.800 bits per heavy atom. The number of hydrogen-bond donors (Lipinski definition) is 2. The van der Waals surface area contributed by atoms with E-state index in [4.69, 9.17) is 45.0 Å². The molecule has 2 aromatic carbocycles. The van der Waals surface area contributed by atoms with E-state index in [1.165, 1.54) is 0 Å². The molecule has 0 amide bonds. The van der Waals surface area contributed by atoms with E-state index in [-0.39, 0.29) is 27.3 Å². The highest BCUT2D eigenvalue weighted by molar-refractivity contribution is 6.77. The summed E-state index contributed by atoms with van der Waals surface area (Å²) in [6.07, 6.45) is 0. The van der Waals surface area contributed by atoms with Crippen LogP contribution in [0.2, 0.25) is 0 Å². The minimum absolute atomic E-state index is 0.191. The van der Waals surface area contributed by atoms with Crippen LogP contribution in [0.4, 0.5) is 11.4 Å². The van der Waals surface area contributed by atoms with Crippen molar-refractivity contribution in [1.82, 2.24) is 0 Å². The second kappa shape index (κ2) is 5.82. The quantitative estimate of drug-likeness (QED) is 0.422. The summed E-state index contributed by atoms with van der Waals surface area (Å²) in [6.45, 7) is 0. The summed E-state index contributed by atoms with van der Waals surface area (Å²) in [7, 11) is 30.7. The molecule has 0 aliphatic rings. The molecular formula is C12H7B6N2. The third-order valence-electron chi connectivity index (χ3n) is 3.07. The number of hydrogen-bond acceptors (Lipinski definition) is 2. The first-order valence-electron chi connectivity index (χ1n) is 5.89. The summed E-state index contributed by atoms with van der Waals surface area (Å²) >= 11 is 0. The van der Waals surface area contributed by atoms with Crippen LogP contribution in [-0.2, 0) is 0 Å². The Morgan fingerprint density at radius 3 is 1.85 bits per heavy atom. The molecule has 0 aliphatic carbocycles. The Balaban J connectivity index is 2.33. The summed E-state index contributed by atoms with van der Waals surface area (Å²) in [5, 5.41) is 3.02. The molecule has 0 saturated heterocycles. The number of nitrogen functional groups attached to an aromatic ring is 1. The maximum atomic E-state index is 5.91. The Kier molecular flexibility index (Phi) is 4.32. The number of para-hydroxylation sites is 2. The number of nitrogens with one attached hydrogen (secondary N) is 1. The Hall–Kier alpha value is -1.57. The number of nitrogens with two attached hydrogens (primary N) is 1. The highest BCUT2D eigenvalue weighted by atomic mass is 14.8. The highest BCUT2D eigenvalue weighted by Gasteiger charge is 2.11. The normalized spacial score (nSPS) is 10.2. The molecule has 11 radical (unpaired) electrons. The lowest BCUT2D eigenvalue weighted by atomic mass is 9.55. The average Bonchev–Trinajstić information content (AvgIpc) is 2.45. The fourth-order valence-electron chi connectivity index (χ4n) is 1.80. The molecule has 0 aliphatic heterocycles. The second-order valence-electron chi connectivity index (χ2n) is 4.36. The molecule has 0 fully saturated rings. The highest BCUT2D eigenvalue weighted by Crippen LogP contribution is 2.15. The summed E-state index contributed by atoms with van der Waals surface area (Å²) in [4.78, 5) is 0. The van der Waals surface area contributed by atoms with Crippen LogP contribution in [0.5, 0.6) is 0 Å². The van der Waals surface area contributed by atoms with Crippen molar-refractivity contribution < 1.29 is 0 Å². The number of anilines is 2. The molecule has 0 spiro atoms. The molecule has 0 saturated carbocycles. The van der Waals surface area contributed by atoms with Crippen LogP contribution in [-0.4, -0.2) is 46.6 Å². The lowest BCUT2D eigenvalue weighted by Gasteiger charge is -2.21. The average molecular weight is 244 g/mol. The molecule has 8 heteroatoms. The van der Waals surface area contributed by atoms with Gasteiger partial charge in [0.15, 0.2) is 0 Å². The number of benzene rings is 2. The van der Waals surface area contributed by atoms with Crippen LogP contribution < -0.4 is 43.7 Å². The van der Waals surface area contributed by atoms with Crippen molar-refractivity contribution in [1.29, 1.82) is 0 Å². The van der Waals surface area contributed by atoms with Crippen molar-refractivity contribution in [3.8, 4) is 0 Å². The number of rotatable bonds is 3. The molecule has 2 rings (SSSR count). The molecule has 3 N–H and O–H groups in total. The molecule has 0 bridgehead atoms. The molecule has 20 heavy (non-hydrogen) atoms. The zero-order chi connectivity index (χ0) is 14.9. The standard InChI is InChI=1S/C12H7B6N2/c13-7-8(14)10(16)12(11(17)9(7)15)18-20-6-4-2-1-3-5(6)19/h1-4,20H,19H2. The molecule has 2 aromatic rings. The molecule has 2 nitrogen and oxygen atoms in total. The van der Waals surface area contributed by atoms with Gasteiger partial charge in [-0.25, -0.2) is 0 Å². The van der Waals surface area contributed by atoms with Gasteiger partial charge in [0.25, 0.3) is 7.41 Å². The molecule has 0 unspecified atom stereocenters. The lowest BCUT2D eigenvalue weighted by molar-refractivity contribution is 1.65. The van der Waals surface area contributed by atoms with Crippen molar-refractivity contribution in [3.05, 3.63) is 24.3 Å². The van der Waals surface area contributed by atoms with Gasteiger partial charge in [0.05, 0.1) is 5.69 Å². The van der Waals surface area contributed by atoms with Crippen molar-refractivity contribution in [2.24, 2.45) is 0 Å². The largest absolute Gasteiger partial charge is 0.426 e. The minimum Gasteiger partial charge on any atom is -0.426 e. The Morgan fingerprint density at radius 2 is 1.30 bits per heavy atom. The first kappa shape index (κ1) is 14.8. The first-order chi connectivity index (χ1) is 9.43. The van der Waals surface area contributed by atoms with Crippen LogP contribution in [0, 0.1) is 0 Å². The van der Waals surface area contributed by atoms with Gasteiger partial charge in [-0.05, 0) is 12.1 Å². The van der Waals surface area contributed by atoms with E-state index < -0.39 is 0 Å². The maximum Gasteiger partial charge on any atom is 0.281 e. The topological polar surface area (TPSA) is 38.0 Å². The third-order valence-corrected chi connectivity index (χ3v) is 3.07. The van der Waals surface area contributed by atoms with E-state index in [1.807, 2.05) is 18.2 Å². The zero-order valence-electron chi connectivity index (χ0n) is 10.9. The van der Waals surface area contributed by atoms with Gasteiger partial charge in [0.1, 0.15) is 39.2 Å². The fourth-order valence-corrected chi connectivity index (χ4v) is 1.80. The summed E-state index contributed by atoms with van der Waals surface area (Å²) < 4.78 is 0. The van der Waals surface area contributed by atoms with Crippen molar-refractivity contribution in [2.75, 3.05) is 11.0 Å². The van der Waals surface area contributed by atoms with Crippen LogP contribution in [0.3, 0.4) is 0 Å². The summed E-state index contributed by atoms with van der Waals surface area (Å²) in [5.74, 6) is 0. The Labute approximate surface area is 126 Å². The smallest absolute Gasteiger partial charge is 0.281 e. The van der Waals surface area contributed by atoms with Crippen LogP contribution in [0.25, 0.3) is 0 Å². The van der Waals surface area contributed by atoms with Crippen LogP contribution >= 0.6 is 0 Å². The maximum absolute atomic E-state index is 5.91. The van der Waals surface area contributed by atoms with Gasteiger partial charge in [0, 0.05) is 5.69 Å². The van der Waals surface area contributed by atoms with Crippen molar-refractivity contribution >= 4 is 90.8 Å². The van der Waals surface area contributed by atoms with E-state index >= 15 is 0 Å². The van der Waals surface area contributed by atoms with Gasteiger partial charge in [-0.15, -0.1) is 27.3 Å². The van der Waals surface area contributed by atoms with Crippen molar-refractivity contribution in [3.63, 3.8) is 0 Å². The molecule has 0 atom stereocenters. The van der Waals surface area contributed by atoms with E-state index in [2.05, 4.69) is 5.23 Å². The molecule has 0 heterocycles. The van der Waals surface area contributed by atoms with E-state index in [0.717, 1.165) is 5.69 Å². The van der Waals surface area contributed by atoms with Gasteiger partial charge in [-0.1, -0.05) is 17.6 Å². The van der Waals surface area contributed by atoms with E-state index in [1.54, 1.807) is 13.5 Å².